The molecule has 0 spiro atoms. The van der Waals surface area contributed by atoms with Crippen molar-refractivity contribution in [3.05, 3.63) is 53.1 Å². The van der Waals surface area contributed by atoms with Crippen LogP contribution in [0.2, 0.25) is 0 Å². The van der Waals surface area contributed by atoms with Gasteiger partial charge in [-0.05, 0) is 48.2 Å². The standard InChI is InChI=1S/C23H26N2O6/c1-28-19-7-5-15(12-17(19)22(26)29-2)14-24-23(27)25-9-3-4-18(25)16-6-8-20-21(13-16)31-11-10-30-20/h5-8,12-13,18H,3-4,9-11,14H2,1-2H3,(H,24,27). The lowest BCUT2D eigenvalue weighted by Gasteiger charge is -2.27. The second-order valence-corrected chi connectivity index (χ2v) is 7.44. The molecule has 2 aliphatic heterocycles. The van der Waals surface area contributed by atoms with E-state index in [2.05, 4.69) is 5.32 Å². The Bertz CT molecular complexity index is 977. The molecule has 2 amide bonds. The lowest BCUT2D eigenvalue weighted by atomic mass is 10.0. The molecule has 2 aromatic rings. The van der Waals surface area contributed by atoms with Gasteiger partial charge in [-0.1, -0.05) is 12.1 Å². The first-order chi connectivity index (χ1) is 15.1. The Hall–Kier alpha value is -3.42. The summed E-state index contributed by atoms with van der Waals surface area (Å²) in [5, 5.41) is 2.96. The fourth-order valence-corrected chi connectivity index (χ4v) is 4.04. The fourth-order valence-electron chi connectivity index (χ4n) is 4.04. The van der Waals surface area contributed by atoms with E-state index in [-0.39, 0.29) is 18.6 Å². The molecule has 1 fully saturated rings. The lowest BCUT2D eigenvalue weighted by Crippen LogP contribution is -2.39. The molecule has 1 saturated heterocycles. The normalized spacial score (nSPS) is 17.2. The Morgan fingerprint density at radius 2 is 1.90 bits per heavy atom. The highest BCUT2D eigenvalue weighted by Crippen LogP contribution is 2.38. The van der Waals surface area contributed by atoms with Crippen molar-refractivity contribution >= 4 is 12.0 Å². The van der Waals surface area contributed by atoms with E-state index in [1.54, 1.807) is 12.1 Å². The minimum absolute atomic E-state index is 0.0164. The van der Waals surface area contributed by atoms with Crippen LogP contribution in [0.5, 0.6) is 17.2 Å². The second kappa shape index (κ2) is 9.16. The number of esters is 1. The summed E-state index contributed by atoms with van der Waals surface area (Å²) in [6.45, 7) is 2.05. The Morgan fingerprint density at radius 1 is 1.10 bits per heavy atom. The zero-order valence-corrected chi connectivity index (χ0v) is 17.7. The number of hydrogen-bond acceptors (Lipinski definition) is 6. The van der Waals surface area contributed by atoms with Gasteiger partial charge in [-0.25, -0.2) is 9.59 Å². The Balaban J connectivity index is 1.44. The molecule has 0 aromatic heterocycles. The maximum absolute atomic E-state index is 12.9. The number of amides is 2. The average Bonchev–Trinajstić information content (AvgIpc) is 3.31. The number of carbonyl (C=O) groups excluding carboxylic acids is 2. The number of methoxy groups -OCH3 is 2. The molecular formula is C23H26N2O6. The van der Waals surface area contributed by atoms with E-state index < -0.39 is 5.97 Å². The van der Waals surface area contributed by atoms with Gasteiger partial charge >= 0.3 is 12.0 Å². The summed E-state index contributed by atoms with van der Waals surface area (Å²) in [6, 6.07) is 10.9. The van der Waals surface area contributed by atoms with Gasteiger partial charge in [0.2, 0.25) is 0 Å². The van der Waals surface area contributed by atoms with Crippen LogP contribution in [-0.4, -0.2) is 50.9 Å². The minimum atomic E-state index is -0.483. The smallest absolute Gasteiger partial charge is 0.341 e. The Labute approximate surface area is 181 Å². The van der Waals surface area contributed by atoms with Gasteiger partial charge in [-0.15, -0.1) is 0 Å². The molecule has 1 unspecified atom stereocenters. The predicted molar refractivity (Wildman–Crippen MR) is 113 cm³/mol. The number of urea groups is 1. The number of nitrogens with one attached hydrogen (secondary N) is 1. The molecule has 8 heteroatoms. The minimum Gasteiger partial charge on any atom is -0.496 e. The van der Waals surface area contributed by atoms with Gasteiger partial charge in [0.1, 0.15) is 24.5 Å². The van der Waals surface area contributed by atoms with Crippen LogP contribution in [0, 0.1) is 0 Å². The lowest BCUT2D eigenvalue weighted by molar-refractivity contribution is 0.0597. The first-order valence-electron chi connectivity index (χ1n) is 10.3. The molecule has 8 nitrogen and oxygen atoms in total. The number of nitrogens with zero attached hydrogens (tertiary/aromatic N) is 1. The van der Waals surface area contributed by atoms with Crippen molar-refractivity contribution in [3.8, 4) is 17.2 Å². The highest BCUT2D eigenvalue weighted by molar-refractivity contribution is 5.92. The van der Waals surface area contributed by atoms with Crippen LogP contribution < -0.4 is 19.5 Å². The molecular weight excluding hydrogens is 400 g/mol. The fraction of sp³-hybridized carbons (Fsp3) is 0.391. The maximum atomic E-state index is 12.9. The number of rotatable bonds is 5. The molecule has 1 atom stereocenters. The molecule has 31 heavy (non-hydrogen) atoms. The van der Waals surface area contributed by atoms with Crippen molar-refractivity contribution in [2.45, 2.75) is 25.4 Å². The van der Waals surface area contributed by atoms with E-state index in [0.717, 1.165) is 35.5 Å². The maximum Gasteiger partial charge on any atom is 0.341 e. The zero-order valence-electron chi connectivity index (χ0n) is 17.7. The summed E-state index contributed by atoms with van der Waals surface area (Å²) >= 11 is 0. The van der Waals surface area contributed by atoms with Gasteiger partial charge in [-0.3, -0.25) is 0 Å². The third-order valence-electron chi connectivity index (χ3n) is 5.58. The van der Waals surface area contributed by atoms with Crippen molar-refractivity contribution in [2.24, 2.45) is 0 Å². The van der Waals surface area contributed by atoms with Gasteiger partial charge in [-0.2, -0.15) is 0 Å². The number of benzene rings is 2. The summed E-state index contributed by atoms with van der Waals surface area (Å²) in [5.41, 5.74) is 2.14. The molecule has 1 N–H and O–H groups in total. The summed E-state index contributed by atoms with van der Waals surface area (Å²) in [7, 11) is 2.82. The highest BCUT2D eigenvalue weighted by Gasteiger charge is 2.31. The van der Waals surface area contributed by atoms with Crippen LogP contribution in [0.25, 0.3) is 0 Å². The molecule has 0 aliphatic carbocycles. The van der Waals surface area contributed by atoms with Crippen LogP contribution >= 0.6 is 0 Å². The number of carbonyl (C=O) groups is 2. The van der Waals surface area contributed by atoms with Gasteiger partial charge in [0.15, 0.2) is 11.5 Å². The van der Waals surface area contributed by atoms with E-state index in [4.69, 9.17) is 18.9 Å². The molecule has 2 heterocycles. The van der Waals surface area contributed by atoms with Crippen LogP contribution in [0.4, 0.5) is 4.79 Å². The molecule has 2 aliphatic rings. The third kappa shape index (κ3) is 4.38. The predicted octanol–water partition coefficient (Wildman–Crippen LogP) is 3.30. The van der Waals surface area contributed by atoms with Crippen LogP contribution in [0.1, 0.15) is 40.4 Å². The Kier molecular flexibility index (Phi) is 6.16. The third-order valence-corrected chi connectivity index (χ3v) is 5.58. The van der Waals surface area contributed by atoms with Crippen molar-refractivity contribution in [1.82, 2.24) is 10.2 Å². The number of likely N-dealkylation sites (tertiary alicyclic amines) is 1. The summed E-state index contributed by atoms with van der Waals surface area (Å²) in [6.07, 6.45) is 1.82. The van der Waals surface area contributed by atoms with Gasteiger partial charge in [0.25, 0.3) is 0 Å². The van der Waals surface area contributed by atoms with Crippen molar-refractivity contribution < 1.29 is 28.5 Å². The molecule has 164 valence electrons. The quantitative estimate of drug-likeness (QED) is 0.739. The van der Waals surface area contributed by atoms with Crippen molar-refractivity contribution in [3.63, 3.8) is 0 Å². The monoisotopic (exact) mass is 426 g/mol. The van der Waals surface area contributed by atoms with Crippen molar-refractivity contribution in [2.75, 3.05) is 34.0 Å². The zero-order chi connectivity index (χ0) is 21.8. The van der Waals surface area contributed by atoms with Crippen molar-refractivity contribution in [1.29, 1.82) is 0 Å². The number of fused-ring (bicyclic) bond motifs is 1. The van der Waals surface area contributed by atoms with Crippen LogP contribution in [-0.2, 0) is 11.3 Å². The largest absolute Gasteiger partial charge is 0.496 e. The molecule has 4 rings (SSSR count). The summed E-state index contributed by atoms with van der Waals surface area (Å²) in [5.74, 6) is 1.41. The van der Waals surface area contributed by atoms with E-state index in [1.807, 2.05) is 29.2 Å². The SMILES string of the molecule is COC(=O)c1cc(CNC(=O)N2CCCC2c2ccc3c(c2)OCCO3)ccc1OC. The first-order valence-corrected chi connectivity index (χ1v) is 10.3. The second-order valence-electron chi connectivity index (χ2n) is 7.44. The average molecular weight is 426 g/mol. The van der Waals surface area contributed by atoms with Crippen LogP contribution in [0.3, 0.4) is 0 Å². The first kappa shape index (κ1) is 20.8. The summed E-state index contributed by atoms with van der Waals surface area (Å²) < 4.78 is 21.3. The molecule has 0 bridgehead atoms. The van der Waals surface area contributed by atoms with E-state index >= 15 is 0 Å². The van der Waals surface area contributed by atoms with E-state index in [1.165, 1.54) is 14.2 Å². The number of ether oxygens (including phenoxy) is 4. The topological polar surface area (TPSA) is 86.3 Å². The molecule has 2 aromatic carbocycles. The Morgan fingerprint density at radius 3 is 2.68 bits per heavy atom. The van der Waals surface area contributed by atoms with E-state index in [9.17, 15) is 9.59 Å². The molecule has 0 saturated carbocycles. The highest BCUT2D eigenvalue weighted by atomic mass is 16.6. The van der Waals surface area contributed by atoms with Gasteiger partial charge in [0.05, 0.1) is 20.3 Å². The molecule has 0 radical (unpaired) electrons. The summed E-state index contributed by atoms with van der Waals surface area (Å²) in [4.78, 5) is 26.8. The number of hydrogen-bond donors (Lipinski definition) is 1. The van der Waals surface area contributed by atoms with Crippen LogP contribution in [0.15, 0.2) is 36.4 Å². The van der Waals surface area contributed by atoms with Gasteiger partial charge in [0, 0.05) is 13.1 Å². The van der Waals surface area contributed by atoms with Gasteiger partial charge < -0.3 is 29.2 Å². The van der Waals surface area contributed by atoms with E-state index in [0.29, 0.717) is 31.1 Å².